The molecule has 7 nitrogen and oxygen atoms in total. The highest BCUT2D eigenvalue weighted by molar-refractivity contribution is 5.85. The highest BCUT2D eigenvalue weighted by Gasteiger charge is 2.26. The summed E-state index contributed by atoms with van der Waals surface area (Å²) < 4.78 is 7.16. The molecule has 0 bridgehead atoms. The highest BCUT2D eigenvalue weighted by atomic mass is 16.6. The van der Waals surface area contributed by atoms with Crippen LogP contribution in [0.3, 0.4) is 0 Å². The van der Waals surface area contributed by atoms with E-state index in [0.29, 0.717) is 18.8 Å². The summed E-state index contributed by atoms with van der Waals surface area (Å²) in [6.45, 7) is 7.64. The van der Waals surface area contributed by atoms with Gasteiger partial charge in [-0.1, -0.05) is 36.2 Å². The molecule has 0 saturated carbocycles. The van der Waals surface area contributed by atoms with E-state index in [1.807, 2.05) is 32.9 Å². The zero-order valence-electron chi connectivity index (χ0n) is 15.2. The van der Waals surface area contributed by atoms with Crippen LogP contribution in [0.4, 0.5) is 4.79 Å². The van der Waals surface area contributed by atoms with Crippen LogP contribution in [-0.2, 0) is 24.4 Å². The van der Waals surface area contributed by atoms with Crippen molar-refractivity contribution in [1.29, 1.82) is 0 Å². The average Bonchev–Trinajstić information content (AvgIpc) is 2.87. The van der Waals surface area contributed by atoms with Crippen LogP contribution in [0.2, 0.25) is 0 Å². The minimum absolute atomic E-state index is 0.00217. The van der Waals surface area contributed by atoms with Crippen LogP contribution in [0.25, 0.3) is 0 Å². The number of benzene rings is 1. The molecule has 1 N–H and O–H groups in total. The fourth-order valence-electron chi connectivity index (χ4n) is 3.36. The van der Waals surface area contributed by atoms with Gasteiger partial charge in [0.15, 0.2) is 5.69 Å². The van der Waals surface area contributed by atoms with Crippen molar-refractivity contribution in [3.8, 4) is 0 Å². The smallest absolute Gasteiger partial charge is 0.410 e. The Morgan fingerprint density at radius 3 is 2.54 bits per heavy atom. The molecule has 1 aliphatic heterocycles. The molecule has 1 aromatic carbocycles. The molecule has 1 amide bonds. The largest absolute Gasteiger partial charge is 0.476 e. The molecule has 2 heterocycles. The molecule has 1 aromatic heterocycles. The van der Waals surface area contributed by atoms with Crippen molar-refractivity contribution >= 4 is 12.1 Å². The number of carboxylic acid groups (broad SMARTS) is 1. The summed E-state index contributed by atoms with van der Waals surface area (Å²) in [6.07, 6.45) is -0.400. The van der Waals surface area contributed by atoms with E-state index >= 15 is 0 Å². The Balaban J connectivity index is 1.70. The summed E-state index contributed by atoms with van der Waals surface area (Å²) >= 11 is 0. The van der Waals surface area contributed by atoms with Gasteiger partial charge in [-0.05, 0) is 31.4 Å². The van der Waals surface area contributed by atoms with Crippen molar-refractivity contribution in [2.75, 3.05) is 6.54 Å². The number of aromatic carboxylic acids is 1. The lowest BCUT2D eigenvalue weighted by Crippen LogP contribution is -2.33. The summed E-state index contributed by atoms with van der Waals surface area (Å²) in [5.41, 5.74) is 3.92. The van der Waals surface area contributed by atoms with Gasteiger partial charge in [0.1, 0.15) is 6.61 Å². The molecule has 7 heteroatoms. The number of nitrogens with zero attached hydrogens (tertiary/aromatic N) is 3. The predicted molar refractivity (Wildman–Crippen MR) is 94.9 cm³/mol. The van der Waals surface area contributed by atoms with Crippen LogP contribution in [0.15, 0.2) is 24.3 Å². The maximum atomic E-state index is 12.5. The first kappa shape index (κ1) is 18.0. The molecule has 0 spiro atoms. The van der Waals surface area contributed by atoms with Gasteiger partial charge in [0, 0.05) is 13.1 Å². The number of aromatic nitrogens is 2. The van der Waals surface area contributed by atoms with Gasteiger partial charge in [-0.3, -0.25) is 4.68 Å². The number of hydrogen-bond donors (Lipinski definition) is 1. The predicted octanol–water partition coefficient (Wildman–Crippen LogP) is 2.99. The molecule has 0 radical (unpaired) electrons. The maximum Gasteiger partial charge on any atom is 0.410 e. The second-order valence-corrected chi connectivity index (χ2v) is 7.04. The molecule has 3 rings (SSSR count). The number of amides is 1. The molecular weight excluding hydrogens is 334 g/mol. The number of carbonyl (C=O) groups is 2. The average molecular weight is 357 g/mol. The van der Waals surface area contributed by atoms with E-state index in [2.05, 4.69) is 11.2 Å². The standard InChI is InChI=1S/C19H23N3O4/c1-12-4-13(2)6-15(5-12)11-26-19(25)21-8-14(3)9-22-16(10-21)7-17(20-22)18(23)24/h4-7,14H,8-11H2,1-3H3,(H,23,24). The summed E-state index contributed by atoms with van der Waals surface area (Å²) in [6, 6.07) is 7.59. The van der Waals surface area contributed by atoms with E-state index < -0.39 is 12.1 Å². The summed E-state index contributed by atoms with van der Waals surface area (Å²) in [4.78, 5) is 25.3. The molecule has 1 unspecified atom stereocenters. The molecule has 0 fully saturated rings. The topological polar surface area (TPSA) is 84.7 Å². The molecular formula is C19H23N3O4. The van der Waals surface area contributed by atoms with E-state index in [1.165, 1.54) is 6.07 Å². The minimum atomic E-state index is -1.07. The molecule has 138 valence electrons. The van der Waals surface area contributed by atoms with Crippen molar-refractivity contribution < 1.29 is 19.4 Å². The Morgan fingerprint density at radius 1 is 1.19 bits per heavy atom. The van der Waals surface area contributed by atoms with Gasteiger partial charge < -0.3 is 14.7 Å². The monoisotopic (exact) mass is 357 g/mol. The summed E-state index contributed by atoms with van der Waals surface area (Å²) in [7, 11) is 0. The summed E-state index contributed by atoms with van der Waals surface area (Å²) in [5.74, 6) is -0.922. The summed E-state index contributed by atoms with van der Waals surface area (Å²) in [5, 5.41) is 13.2. The van der Waals surface area contributed by atoms with Gasteiger partial charge in [0.05, 0.1) is 12.2 Å². The Labute approximate surface area is 152 Å². The highest BCUT2D eigenvalue weighted by Crippen LogP contribution is 2.19. The first-order valence-corrected chi connectivity index (χ1v) is 8.60. The molecule has 26 heavy (non-hydrogen) atoms. The lowest BCUT2D eigenvalue weighted by Gasteiger charge is -2.21. The zero-order chi connectivity index (χ0) is 18.8. The Bertz CT molecular complexity index is 823. The molecule has 1 aliphatic rings. The number of fused-ring (bicyclic) bond motifs is 1. The molecule has 0 saturated heterocycles. The quantitative estimate of drug-likeness (QED) is 0.913. The van der Waals surface area contributed by atoms with Gasteiger partial charge in [-0.15, -0.1) is 0 Å². The zero-order valence-corrected chi connectivity index (χ0v) is 15.2. The van der Waals surface area contributed by atoms with Crippen LogP contribution < -0.4 is 0 Å². The number of ether oxygens (including phenoxy) is 1. The fraction of sp³-hybridized carbons (Fsp3) is 0.421. The van der Waals surface area contributed by atoms with Crippen molar-refractivity contribution in [3.05, 3.63) is 52.3 Å². The third-order valence-electron chi connectivity index (χ3n) is 4.35. The number of carbonyl (C=O) groups excluding carboxylic acids is 1. The van der Waals surface area contributed by atoms with Gasteiger partial charge >= 0.3 is 12.1 Å². The van der Waals surface area contributed by atoms with Crippen molar-refractivity contribution in [2.45, 2.75) is 40.5 Å². The maximum absolute atomic E-state index is 12.5. The normalized spacial score (nSPS) is 16.7. The van der Waals surface area contributed by atoms with Gasteiger partial charge in [0.25, 0.3) is 0 Å². The Morgan fingerprint density at radius 2 is 1.88 bits per heavy atom. The number of hydrogen-bond acceptors (Lipinski definition) is 4. The van der Waals surface area contributed by atoms with E-state index in [-0.39, 0.29) is 24.8 Å². The van der Waals surface area contributed by atoms with Gasteiger partial charge in [-0.2, -0.15) is 5.10 Å². The van der Waals surface area contributed by atoms with Gasteiger partial charge in [-0.25, -0.2) is 9.59 Å². The Kier molecular flexibility index (Phi) is 4.97. The lowest BCUT2D eigenvalue weighted by atomic mass is 10.1. The molecule has 2 aromatic rings. The third kappa shape index (κ3) is 4.04. The number of rotatable bonds is 3. The second-order valence-electron chi connectivity index (χ2n) is 7.04. The third-order valence-corrected chi connectivity index (χ3v) is 4.35. The first-order chi connectivity index (χ1) is 12.3. The Hall–Kier alpha value is -2.83. The van der Waals surface area contributed by atoms with Crippen molar-refractivity contribution in [3.63, 3.8) is 0 Å². The molecule has 0 aliphatic carbocycles. The second kappa shape index (κ2) is 7.19. The van der Waals surface area contributed by atoms with Crippen LogP contribution in [0.5, 0.6) is 0 Å². The van der Waals surface area contributed by atoms with E-state index in [4.69, 9.17) is 9.84 Å². The van der Waals surface area contributed by atoms with Gasteiger partial charge in [0.2, 0.25) is 0 Å². The number of carboxylic acids is 1. The fourth-order valence-corrected chi connectivity index (χ4v) is 3.36. The van der Waals surface area contributed by atoms with Crippen LogP contribution >= 0.6 is 0 Å². The van der Waals surface area contributed by atoms with Crippen LogP contribution in [0.1, 0.15) is 39.8 Å². The van der Waals surface area contributed by atoms with E-state index in [1.54, 1.807) is 9.58 Å². The molecule has 1 atom stereocenters. The van der Waals surface area contributed by atoms with Crippen molar-refractivity contribution in [1.82, 2.24) is 14.7 Å². The minimum Gasteiger partial charge on any atom is -0.476 e. The van der Waals surface area contributed by atoms with E-state index in [9.17, 15) is 9.59 Å². The SMILES string of the molecule is Cc1cc(C)cc(COC(=O)N2Cc3cc(C(=O)O)nn3CC(C)C2)c1. The number of aryl methyl sites for hydroxylation is 2. The van der Waals surface area contributed by atoms with Crippen molar-refractivity contribution in [2.24, 2.45) is 5.92 Å². The first-order valence-electron chi connectivity index (χ1n) is 8.60. The van der Waals surface area contributed by atoms with E-state index in [0.717, 1.165) is 16.7 Å². The lowest BCUT2D eigenvalue weighted by molar-refractivity contribution is 0.0689. The van der Waals surface area contributed by atoms with Crippen LogP contribution in [0, 0.1) is 19.8 Å². The van der Waals surface area contributed by atoms with Crippen LogP contribution in [-0.4, -0.2) is 38.4 Å².